The highest BCUT2D eigenvalue weighted by Crippen LogP contribution is 2.20. The topological polar surface area (TPSA) is 49.4 Å². The Balaban J connectivity index is 2.67. The Labute approximate surface area is 122 Å². The summed E-state index contributed by atoms with van der Waals surface area (Å²) in [5.74, 6) is -0.494. The van der Waals surface area contributed by atoms with Crippen LogP contribution in [0.5, 0.6) is 5.75 Å². The number of rotatable bonds is 10. The number of aryl methyl sites for hydroxylation is 1. The number of carbonyl (C=O) groups excluding carboxylic acids is 1. The van der Waals surface area contributed by atoms with Gasteiger partial charge in [-0.1, -0.05) is 45.6 Å². The van der Waals surface area contributed by atoms with E-state index >= 15 is 0 Å². The first-order valence-corrected chi connectivity index (χ1v) is 7.66. The fourth-order valence-electron chi connectivity index (χ4n) is 2.13. The summed E-state index contributed by atoms with van der Waals surface area (Å²) in [5, 5.41) is 11.2. The lowest BCUT2D eigenvalue weighted by Crippen LogP contribution is -2.24. The van der Waals surface area contributed by atoms with E-state index in [1.165, 1.54) is 12.8 Å². The molecule has 0 heterocycles. The van der Waals surface area contributed by atoms with Crippen LogP contribution in [0.3, 0.4) is 0 Å². The average molecular weight is 277 g/mol. The molecule has 112 valence electrons. The van der Waals surface area contributed by atoms with E-state index in [2.05, 4.69) is 13.8 Å². The van der Waals surface area contributed by atoms with Crippen LogP contribution in [-0.4, -0.2) is 12.6 Å². The van der Waals surface area contributed by atoms with E-state index in [9.17, 15) is 9.90 Å². The zero-order valence-corrected chi connectivity index (χ0v) is 12.6. The summed E-state index contributed by atoms with van der Waals surface area (Å²) in [4.78, 5) is 11.2. The molecule has 1 aromatic rings. The highest BCUT2D eigenvalue weighted by molar-refractivity contribution is 5.88. The molecule has 0 atom stereocenters. The molecule has 0 aliphatic heterocycles. The Hall–Kier alpha value is -1.51. The smallest absolute Gasteiger partial charge is 0.119 e. The van der Waals surface area contributed by atoms with Crippen molar-refractivity contribution in [2.24, 2.45) is 0 Å². The van der Waals surface area contributed by atoms with Gasteiger partial charge in [0.15, 0.2) is 0 Å². The maximum absolute atomic E-state index is 11.2. The van der Waals surface area contributed by atoms with Gasteiger partial charge in [0, 0.05) is 5.56 Å². The molecule has 1 rings (SSSR count). The highest BCUT2D eigenvalue weighted by atomic mass is 16.5. The highest BCUT2D eigenvalue weighted by Gasteiger charge is 2.06. The zero-order valence-electron chi connectivity index (χ0n) is 12.6. The van der Waals surface area contributed by atoms with E-state index in [1.807, 2.05) is 12.1 Å². The summed E-state index contributed by atoms with van der Waals surface area (Å²) >= 11 is 0. The van der Waals surface area contributed by atoms with E-state index in [0.717, 1.165) is 37.7 Å². The van der Waals surface area contributed by atoms with Gasteiger partial charge in [0.05, 0.1) is 12.6 Å². The molecule has 1 aromatic carbocycles. The van der Waals surface area contributed by atoms with Crippen molar-refractivity contribution in [3.05, 3.63) is 29.3 Å². The van der Waals surface area contributed by atoms with Crippen molar-refractivity contribution in [3.63, 3.8) is 0 Å². The molecule has 0 aliphatic carbocycles. The molecule has 0 radical (unpaired) electrons. The van der Waals surface area contributed by atoms with Crippen LogP contribution in [0.2, 0.25) is 0 Å². The Morgan fingerprint density at radius 2 is 1.85 bits per heavy atom. The van der Waals surface area contributed by atoms with Crippen LogP contribution in [0, 0.1) is 0 Å². The molecule has 0 spiro atoms. The molecule has 0 unspecified atom stereocenters. The largest absolute Gasteiger partial charge is 0.545 e. The van der Waals surface area contributed by atoms with Crippen molar-refractivity contribution in [2.45, 2.75) is 58.8 Å². The third-order valence-electron chi connectivity index (χ3n) is 3.37. The van der Waals surface area contributed by atoms with Gasteiger partial charge in [0.1, 0.15) is 5.75 Å². The number of carbonyl (C=O) groups is 1. The second-order valence-electron chi connectivity index (χ2n) is 5.12. The second-order valence-corrected chi connectivity index (χ2v) is 5.12. The minimum absolute atomic E-state index is 0.274. The first kappa shape index (κ1) is 16.5. The third kappa shape index (κ3) is 5.64. The minimum atomic E-state index is -1.11. The van der Waals surface area contributed by atoms with Crippen molar-refractivity contribution in [3.8, 4) is 5.75 Å². The molecule has 20 heavy (non-hydrogen) atoms. The Bertz CT molecular complexity index is 413. The van der Waals surface area contributed by atoms with Gasteiger partial charge < -0.3 is 14.6 Å². The van der Waals surface area contributed by atoms with Gasteiger partial charge in [-0.05, 0) is 37.0 Å². The lowest BCUT2D eigenvalue weighted by atomic mass is 10.0. The fourth-order valence-corrected chi connectivity index (χ4v) is 2.13. The van der Waals surface area contributed by atoms with Crippen molar-refractivity contribution in [2.75, 3.05) is 6.61 Å². The summed E-state index contributed by atoms with van der Waals surface area (Å²) in [7, 11) is 0. The van der Waals surface area contributed by atoms with Gasteiger partial charge in [-0.3, -0.25) is 0 Å². The lowest BCUT2D eigenvalue weighted by molar-refractivity contribution is -0.255. The third-order valence-corrected chi connectivity index (χ3v) is 3.37. The van der Waals surface area contributed by atoms with Crippen LogP contribution in [0.25, 0.3) is 0 Å². The van der Waals surface area contributed by atoms with Gasteiger partial charge in [-0.15, -0.1) is 0 Å². The molecule has 0 N–H and O–H groups in total. The Morgan fingerprint density at radius 3 is 2.50 bits per heavy atom. The maximum atomic E-state index is 11.2. The quantitative estimate of drug-likeness (QED) is 0.616. The molecule has 0 bridgehead atoms. The van der Waals surface area contributed by atoms with Crippen LogP contribution in [0.1, 0.15) is 68.3 Å². The van der Waals surface area contributed by atoms with E-state index in [4.69, 9.17) is 4.74 Å². The van der Waals surface area contributed by atoms with Gasteiger partial charge >= 0.3 is 0 Å². The van der Waals surface area contributed by atoms with Crippen molar-refractivity contribution in [1.29, 1.82) is 0 Å². The lowest BCUT2D eigenvalue weighted by Gasteiger charge is -2.13. The summed E-state index contributed by atoms with van der Waals surface area (Å²) in [6.45, 7) is 4.88. The van der Waals surface area contributed by atoms with E-state index in [-0.39, 0.29) is 5.56 Å². The normalized spacial score (nSPS) is 10.5. The van der Waals surface area contributed by atoms with Crippen molar-refractivity contribution < 1.29 is 14.6 Å². The maximum Gasteiger partial charge on any atom is 0.119 e. The number of hydrogen-bond donors (Lipinski definition) is 0. The van der Waals surface area contributed by atoms with Gasteiger partial charge in [-0.25, -0.2) is 0 Å². The molecule has 0 aliphatic rings. The predicted molar refractivity (Wildman–Crippen MR) is 79.0 cm³/mol. The molecular weight excluding hydrogens is 252 g/mol. The number of benzene rings is 1. The van der Waals surface area contributed by atoms with E-state index in [1.54, 1.807) is 6.07 Å². The fraction of sp³-hybridized carbons (Fsp3) is 0.588. The monoisotopic (exact) mass is 277 g/mol. The molecule has 0 amide bonds. The first-order valence-electron chi connectivity index (χ1n) is 7.66. The summed E-state index contributed by atoms with van der Waals surface area (Å²) in [6.07, 6.45) is 7.35. The van der Waals surface area contributed by atoms with Gasteiger partial charge in [0.2, 0.25) is 0 Å². The van der Waals surface area contributed by atoms with Crippen LogP contribution in [0.4, 0.5) is 0 Å². The van der Waals surface area contributed by atoms with E-state index < -0.39 is 5.97 Å². The van der Waals surface area contributed by atoms with Crippen molar-refractivity contribution in [1.82, 2.24) is 0 Å². The molecule has 3 nitrogen and oxygen atoms in total. The number of aromatic carboxylic acids is 1. The second kappa shape index (κ2) is 9.40. The Kier molecular flexibility index (Phi) is 7.78. The predicted octanol–water partition coefficient (Wildman–Crippen LogP) is 3.35. The van der Waals surface area contributed by atoms with Crippen LogP contribution in [-0.2, 0) is 6.42 Å². The number of unbranched alkanes of at least 4 members (excludes halogenated alkanes) is 4. The molecule has 0 saturated heterocycles. The average Bonchev–Trinajstić information content (AvgIpc) is 2.44. The van der Waals surface area contributed by atoms with E-state index in [0.29, 0.717) is 12.4 Å². The molecule has 0 fully saturated rings. The molecular formula is C17H25O3-. The number of carboxylic acid groups (broad SMARTS) is 1. The van der Waals surface area contributed by atoms with Crippen LogP contribution in [0.15, 0.2) is 18.2 Å². The number of ether oxygens (including phenoxy) is 1. The zero-order chi connectivity index (χ0) is 14.8. The summed E-state index contributed by atoms with van der Waals surface area (Å²) in [6, 6.07) is 5.32. The minimum Gasteiger partial charge on any atom is -0.545 e. The molecule has 0 saturated carbocycles. The molecule has 3 heteroatoms. The number of carboxylic acids is 1. The first-order chi connectivity index (χ1) is 9.69. The number of hydrogen-bond acceptors (Lipinski definition) is 3. The molecule has 0 aromatic heterocycles. The SMILES string of the molecule is CCCCCCc1ccc(OCCCC)cc1C(=O)[O-]. The van der Waals surface area contributed by atoms with Crippen LogP contribution < -0.4 is 9.84 Å². The van der Waals surface area contributed by atoms with Gasteiger partial charge in [0.25, 0.3) is 0 Å². The standard InChI is InChI=1S/C17H26O3/c1-3-5-7-8-9-14-10-11-15(20-12-6-4-2)13-16(14)17(18)19/h10-11,13H,3-9,12H2,1-2H3,(H,18,19)/p-1. The van der Waals surface area contributed by atoms with Gasteiger partial charge in [-0.2, -0.15) is 0 Å². The van der Waals surface area contributed by atoms with Crippen LogP contribution >= 0.6 is 0 Å². The van der Waals surface area contributed by atoms with Crippen molar-refractivity contribution >= 4 is 5.97 Å². The summed E-state index contributed by atoms with van der Waals surface area (Å²) in [5.41, 5.74) is 1.12. The summed E-state index contributed by atoms with van der Waals surface area (Å²) < 4.78 is 5.54. The Morgan fingerprint density at radius 1 is 1.10 bits per heavy atom.